The molecule has 1 fully saturated rings. The number of benzene rings is 2. The van der Waals surface area contributed by atoms with E-state index < -0.39 is 24.3 Å². The van der Waals surface area contributed by atoms with Crippen LogP contribution in [0.4, 0.5) is 24.8 Å². The van der Waals surface area contributed by atoms with E-state index in [1.165, 1.54) is 31.2 Å². The van der Waals surface area contributed by atoms with E-state index in [2.05, 4.69) is 40.7 Å². The minimum absolute atomic E-state index is 0.299. The summed E-state index contributed by atoms with van der Waals surface area (Å²) in [5.41, 5.74) is 1.78. The molecule has 204 valence electrons. The third-order valence-electron chi connectivity index (χ3n) is 6.90. The number of nitrogens with one attached hydrogen (secondary N) is 2. The van der Waals surface area contributed by atoms with Crippen LogP contribution in [0.15, 0.2) is 42.5 Å². The highest BCUT2D eigenvalue weighted by atomic mass is 19.4. The van der Waals surface area contributed by atoms with Gasteiger partial charge in [-0.1, -0.05) is 13.8 Å². The summed E-state index contributed by atoms with van der Waals surface area (Å²) < 4.78 is 43.7. The van der Waals surface area contributed by atoms with E-state index in [1.807, 2.05) is 0 Å². The molecule has 1 aliphatic rings. The summed E-state index contributed by atoms with van der Waals surface area (Å²) in [6, 6.07) is 9.34. The van der Waals surface area contributed by atoms with Gasteiger partial charge < -0.3 is 25.0 Å². The fourth-order valence-electron chi connectivity index (χ4n) is 5.68. The summed E-state index contributed by atoms with van der Waals surface area (Å²) in [4.78, 5) is 28.8. The number of hydrogen-bond acceptors (Lipinski definition) is 5. The number of fused-ring (bicyclic) bond motifs is 1. The second kappa shape index (κ2) is 10.2. The van der Waals surface area contributed by atoms with Crippen LogP contribution in [0.25, 0.3) is 11.0 Å². The Kier molecular flexibility index (Phi) is 7.31. The number of halogens is 3. The highest BCUT2D eigenvalue weighted by Gasteiger charge is 2.38. The van der Waals surface area contributed by atoms with E-state index >= 15 is 0 Å². The maximum Gasteiger partial charge on any atom is 0.573 e. The van der Waals surface area contributed by atoms with E-state index in [-0.39, 0.29) is 11.3 Å². The smallest absolute Gasteiger partial charge is 0.480 e. The first kappa shape index (κ1) is 27.3. The summed E-state index contributed by atoms with van der Waals surface area (Å²) in [7, 11) is 0. The van der Waals surface area contributed by atoms with Crippen molar-refractivity contribution in [1.29, 1.82) is 0 Å². The third kappa shape index (κ3) is 6.03. The van der Waals surface area contributed by atoms with Crippen molar-refractivity contribution < 1.29 is 32.6 Å². The number of aliphatic carboxylic acids is 1. The zero-order valence-electron chi connectivity index (χ0n) is 21.6. The van der Waals surface area contributed by atoms with Crippen molar-refractivity contribution in [2.45, 2.75) is 64.9 Å². The Labute approximate surface area is 218 Å². The zero-order valence-corrected chi connectivity index (χ0v) is 21.6. The van der Waals surface area contributed by atoms with E-state index in [0.717, 1.165) is 19.3 Å². The van der Waals surface area contributed by atoms with Crippen LogP contribution in [0.3, 0.4) is 0 Å². The standard InChI is InChI=1S/C27H31F3N4O4/c1-15-11-16(2)14-26(4,13-15)34-22-12-18(23(35)31-17(3)24(36)37)5-10-21(22)33-25(34)32-19-6-8-20(9-7-19)38-27(28,29)30/h5-10,12,15-17H,11,13-14H2,1-4H3,(H,31,35)(H,32,33)(H,36,37)/t15-,16?,17-,26?/m1/s1. The van der Waals surface area contributed by atoms with Gasteiger partial charge in [-0.3, -0.25) is 9.59 Å². The predicted octanol–water partition coefficient (Wildman–Crippen LogP) is 6.05. The van der Waals surface area contributed by atoms with Gasteiger partial charge in [-0.2, -0.15) is 0 Å². The van der Waals surface area contributed by atoms with Crippen molar-refractivity contribution in [2.24, 2.45) is 11.8 Å². The van der Waals surface area contributed by atoms with E-state index in [0.29, 0.717) is 40.1 Å². The third-order valence-corrected chi connectivity index (χ3v) is 6.90. The lowest BCUT2D eigenvalue weighted by atomic mass is 9.72. The molecular weight excluding hydrogens is 501 g/mol. The van der Waals surface area contributed by atoms with Crippen molar-refractivity contribution in [3.05, 3.63) is 48.0 Å². The topological polar surface area (TPSA) is 105 Å². The molecule has 1 aliphatic carbocycles. The van der Waals surface area contributed by atoms with Crippen molar-refractivity contribution >= 4 is 34.5 Å². The number of carboxylic acids is 1. The first-order chi connectivity index (χ1) is 17.7. The maximum atomic E-state index is 12.8. The number of carboxylic acid groups (broad SMARTS) is 1. The monoisotopic (exact) mass is 532 g/mol. The van der Waals surface area contributed by atoms with Gasteiger partial charge in [0.05, 0.1) is 11.0 Å². The van der Waals surface area contributed by atoms with Crippen LogP contribution in [0.1, 0.15) is 57.3 Å². The van der Waals surface area contributed by atoms with Crippen LogP contribution < -0.4 is 15.4 Å². The molecule has 11 heteroatoms. The molecule has 0 spiro atoms. The number of carbonyl (C=O) groups is 2. The molecule has 1 aromatic heterocycles. The van der Waals surface area contributed by atoms with Gasteiger partial charge in [0.2, 0.25) is 5.95 Å². The van der Waals surface area contributed by atoms with E-state index in [4.69, 9.17) is 10.1 Å². The molecular formula is C27H31F3N4O4. The number of carbonyl (C=O) groups excluding carboxylic acids is 1. The summed E-state index contributed by atoms with van der Waals surface area (Å²) in [6.45, 7) is 7.93. The molecule has 2 aromatic carbocycles. The Hall–Kier alpha value is -3.76. The molecule has 4 atom stereocenters. The van der Waals surface area contributed by atoms with Crippen molar-refractivity contribution in [3.8, 4) is 5.75 Å². The van der Waals surface area contributed by atoms with Crippen LogP contribution in [0.5, 0.6) is 5.75 Å². The van der Waals surface area contributed by atoms with Crippen LogP contribution >= 0.6 is 0 Å². The van der Waals surface area contributed by atoms with Gasteiger partial charge in [-0.15, -0.1) is 13.2 Å². The number of ether oxygens (including phenoxy) is 1. The normalized spacial score (nSPS) is 22.6. The first-order valence-corrected chi connectivity index (χ1v) is 12.4. The van der Waals surface area contributed by atoms with Crippen molar-refractivity contribution in [2.75, 3.05) is 5.32 Å². The number of rotatable bonds is 7. The summed E-state index contributed by atoms with van der Waals surface area (Å²) >= 11 is 0. The minimum atomic E-state index is -4.78. The molecule has 0 bridgehead atoms. The number of anilines is 2. The van der Waals surface area contributed by atoms with E-state index in [9.17, 15) is 22.8 Å². The van der Waals surface area contributed by atoms with Gasteiger partial charge in [0.1, 0.15) is 11.8 Å². The lowest BCUT2D eigenvalue weighted by Gasteiger charge is -2.42. The number of nitrogens with zero attached hydrogens (tertiary/aromatic N) is 2. The Bertz CT molecular complexity index is 1330. The molecule has 8 nitrogen and oxygen atoms in total. The quantitative estimate of drug-likeness (QED) is 0.342. The average molecular weight is 533 g/mol. The van der Waals surface area contributed by atoms with Gasteiger partial charge in [0, 0.05) is 16.8 Å². The second-order valence-corrected chi connectivity index (χ2v) is 10.6. The molecule has 3 N–H and O–H groups in total. The van der Waals surface area contributed by atoms with Crippen molar-refractivity contribution in [1.82, 2.24) is 14.9 Å². The van der Waals surface area contributed by atoms with Crippen LogP contribution in [-0.2, 0) is 10.3 Å². The molecule has 2 unspecified atom stereocenters. The second-order valence-electron chi connectivity index (χ2n) is 10.6. The molecule has 1 saturated carbocycles. The lowest BCUT2D eigenvalue weighted by molar-refractivity contribution is -0.274. The minimum Gasteiger partial charge on any atom is -0.480 e. The fourth-order valence-corrected chi connectivity index (χ4v) is 5.68. The summed E-state index contributed by atoms with van der Waals surface area (Å²) in [5, 5.41) is 14.9. The van der Waals surface area contributed by atoms with Crippen molar-refractivity contribution in [3.63, 3.8) is 0 Å². The Morgan fingerprint density at radius 1 is 1.13 bits per heavy atom. The van der Waals surface area contributed by atoms with Gasteiger partial charge in [0.25, 0.3) is 5.91 Å². The van der Waals surface area contributed by atoms with Crippen LogP contribution in [0, 0.1) is 11.8 Å². The zero-order chi connectivity index (χ0) is 27.8. The molecule has 4 rings (SSSR count). The Morgan fingerprint density at radius 3 is 2.34 bits per heavy atom. The molecule has 3 aromatic rings. The number of alkyl halides is 3. The summed E-state index contributed by atoms with van der Waals surface area (Å²) in [5.74, 6) is -0.610. The fraction of sp³-hybridized carbons (Fsp3) is 0.444. The molecule has 1 amide bonds. The highest BCUT2D eigenvalue weighted by Crippen LogP contribution is 2.44. The van der Waals surface area contributed by atoms with Gasteiger partial charge >= 0.3 is 12.3 Å². The van der Waals surface area contributed by atoms with Crippen LogP contribution in [0.2, 0.25) is 0 Å². The lowest BCUT2D eigenvalue weighted by Crippen LogP contribution is -2.39. The SMILES string of the molecule is CC1C[C@@H](C)CC(C)(n2c(Nc3ccc(OC(F)(F)F)cc3)nc3ccc(C(=O)N[C@H](C)C(=O)O)cc32)C1. The Morgan fingerprint density at radius 2 is 1.76 bits per heavy atom. The molecule has 38 heavy (non-hydrogen) atoms. The molecule has 1 heterocycles. The van der Waals surface area contributed by atoms with Crippen LogP contribution in [-0.4, -0.2) is 38.9 Å². The average Bonchev–Trinajstić information content (AvgIpc) is 3.16. The number of hydrogen-bond donors (Lipinski definition) is 3. The highest BCUT2D eigenvalue weighted by molar-refractivity contribution is 5.99. The Balaban J connectivity index is 1.76. The number of aromatic nitrogens is 2. The van der Waals surface area contributed by atoms with Gasteiger partial charge in [-0.05, 0) is 87.4 Å². The van der Waals surface area contributed by atoms with Gasteiger partial charge in [0.15, 0.2) is 0 Å². The van der Waals surface area contributed by atoms with E-state index in [1.54, 1.807) is 18.2 Å². The largest absolute Gasteiger partial charge is 0.573 e. The molecule has 0 saturated heterocycles. The first-order valence-electron chi connectivity index (χ1n) is 12.4. The van der Waals surface area contributed by atoms with Gasteiger partial charge in [-0.25, -0.2) is 4.98 Å². The number of amides is 1. The maximum absolute atomic E-state index is 12.8. The molecule has 0 radical (unpaired) electrons. The predicted molar refractivity (Wildman–Crippen MR) is 137 cm³/mol. The molecule has 0 aliphatic heterocycles. The summed E-state index contributed by atoms with van der Waals surface area (Å²) in [6.07, 6.45) is -1.96. The number of imidazole rings is 1.